The third kappa shape index (κ3) is 15.4. The van der Waals surface area contributed by atoms with E-state index in [0.717, 1.165) is 50.0 Å². The summed E-state index contributed by atoms with van der Waals surface area (Å²) in [6.45, 7) is 16.4. The van der Waals surface area contributed by atoms with Gasteiger partial charge in [0.05, 0.1) is 39.6 Å². The third-order valence-electron chi connectivity index (χ3n) is 4.22. The molecule has 0 saturated heterocycles. The molecule has 194 valence electrons. The molecule has 32 heavy (non-hydrogen) atoms. The van der Waals surface area contributed by atoms with Gasteiger partial charge in [-0.05, 0) is 38.5 Å². The minimum Gasteiger partial charge on any atom is -0.327 e. The molecule has 0 amide bonds. The summed E-state index contributed by atoms with van der Waals surface area (Å²) in [5.74, 6) is -0.122. The van der Waals surface area contributed by atoms with Gasteiger partial charge in [0.2, 0.25) is 0 Å². The molecule has 0 aromatic heterocycles. The zero-order valence-electron chi connectivity index (χ0n) is 21.6. The molecule has 0 aliphatic carbocycles. The Balaban J connectivity index is 4.72. The van der Waals surface area contributed by atoms with Crippen molar-refractivity contribution in [2.45, 2.75) is 105 Å². The van der Waals surface area contributed by atoms with Gasteiger partial charge in [-0.15, -0.1) is 0 Å². The number of rotatable bonds is 25. The summed E-state index contributed by atoms with van der Waals surface area (Å²) >= 11 is 0. The van der Waals surface area contributed by atoms with Crippen LogP contribution in [0.2, 0.25) is 0 Å². The van der Waals surface area contributed by atoms with Crippen LogP contribution in [0.1, 0.15) is 92.9 Å². The largest absolute Gasteiger partial charge is 0.327 e. The predicted molar refractivity (Wildman–Crippen MR) is 137 cm³/mol. The second-order valence-corrected chi connectivity index (χ2v) is 10.3. The summed E-state index contributed by atoms with van der Waals surface area (Å²) in [5.41, 5.74) is 0. The molecule has 0 aromatic rings. The molecule has 0 rings (SSSR count). The fourth-order valence-corrected chi connectivity index (χ4v) is 4.79. The minimum atomic E-state index is -0.932. The summed E-state index contributed by atoms with van der Waals surface area (Å²) in [6, 6.07) is 0. The molecule has 0 unspecified atom stereocenters. The van der Waals surface area contributed by atoms with E-state index >= 15 is 0 Å². The number of hydrogen-bond acceptors (Lipinski definition) is 8. The third-order valence-corrected chi connectivity index (χ3v) is 6.63. The topological polar surface area (TPSA) is 55.4 Å². The fraction of sp³-hybridized carbons (Fsp3) is 1.00. The first-order valence-corrected chi connectivity index (χ1v) is 15.1. The van der Waals surface area contributed by atoms with Crippen molar-refractivity contribution >= 4 is 21.6 Å². The summed E-state index contributed by atoms with van der Waals surface area (Å²) in [6.07, 6.45) is 7.00. The lowest BCUT2D eigenvalue weighted by Gasteiger charge is -2.34. The highest BCUT2D eigenvalue weighted by atomic mass is 33.1. The zero-order chi connectivity index (χ0) is 24.0. The molecule has 8 heteroatoms. The normalized spacial score (nSPS) is 12.6. The van der Waals surface area contributed by atoms with E-state index in [1.165, 1.54) is 0 Å². The van der Waals surface area contributed by atoms with Crippen LogP contribution in [-0.4, -0.2) is 63.1 Å². The van der Waals surface area contributed by atoms with Gasteiger partial charge in [0.1, 0.15) is 0 Å². The molecule has 0 spiro atoms. The Morgan fingerprint density at radius 1 is 0.406 bits per heavy atom. The van der Waals surface area contributed by atoms with E-state index in [2.05, 4.69) is 41.5 Å². The highest BCUT2D eigenvalue weighted by Crippen LogP contribution is 2.32. The Labute approximate surface area is 205 Å². The second-order valence-electron chi connectivity index (χ2n) is 7.60. The first-order valence-electron chi connectivity index (χ1n) is 12.7. The van der Waals surface area contributed by atoms with Crippen LogP contribution in [0.4, 0.5) is 0 Å². The van der Waals surface area contributed by atoms with E-state index in [1.807, 2.05) is 0 Å². The summed E-state index contributed by atoms with van der Waals surface area (Å²) in [4.78, 5) is 0. The van der Waals surface area contributed by atoms with Crippen molar-refractivity contribution in [3.63, 3.8) is 0 Å². The number of hydrogen-bond donors (Lipinski definition) is 0. The molecular formula is C24H50O6S2. The second kappa shape index (κ2) is 22.0. The van der Waals surface area contributed by atoms with Crippen molar-refractivity contribution in [3.05, 3.63) is 0 Å². The van der Waals surface area contributed by atoms with Crippen LogP contribution in [0, 0.1) is 0 Å². The van der Waals surface area contributed by atoms with E-state index < -0.39 is 11.9 Å². The Bertz CT molecular complexity index is 321. The van der Waals surface area contributed by atoms with E-state index in [1.54, 1.807) is 21.6 Å². The van der Waals surface area contributed by atoms with Gasteiger partial charge in [0, 0.05) is 24.3 Å². The first-order chi connectivity index (χ1) is 15.6. The molecule has 0 aliphatic heterocycles. The Hall–Kier alpha value is 0.460. The lowest BCUT2D eigenvalue weighted by Crippen LogP contribution is -2.41. The van der Waals surface area contributed by atoms with Gasteiger partial charge in [0.15, 0.2) is 0 Å². The molecule has 0 bridgehead atoms. The maximum absolute atomic E-state index is 6.05. The SMILES string of the molecule is CCCOC(CCSSCCC(OCCC)(OCCC)OCCC)(OCCC)OCCC. The van der Waals surface area contributed by atoms with Gasteiger partial charge in [0.25, 0.3) is 11.9 Å². The molecular weight excluding hydrogens is 448 g/mol. The molecule has 6 nitrogen and oxygen atoms in total. The molecule has 0 aromatic carbocycles. The highest BCUT2D eigenvalue weighted by Gasteiger charge is 2.34. The molecule has 0 saturated carbocycles. The van der Waals surface area contributed by atoms with Crippen LogP contribution in [-0.2, 0) is 28.4 Å². The van der Waals surface area contributed by atoms with Crippen LogP contribution < -0.4 is 0 Å². The number of ether oxygens (including phenoxy) is 6. The van der Waals surface area contributed by atoms with Crippen molar-refractivity contribution in [2.24, 2.45) is 0 Å². The maximum atomic E-state index is 6.05. The van der Waals surface area contributed by atoms with Gasteiger partial charge < -0.3 is 28.4 Å². The zero-order valence-corrected chi connectivity index (χ0v) is 23.2. The van der Waals surface area contributed by atoms with Crippen molar-refractivity contribution in [1.82, 2.24) is 0 Å². The van der Waals surface area contributed by atoms with E-state index in [9.17, 15) is 0 Å². The lowest BCUT2D eigenvalue weighted by molar-refractivity contribution is -0.381. The maximum Gasteiger partial charge on any atom is 0.283 e. The average Bonchev–Trinajstić information content (AvgIpc) is 2.82. The molecule has 0 fully saturated rings. The fourth-order valence-electron chi connectivity index (χ4n) is 2.68. The summed E-state index contributed by atoms with van der Waals surface area (Å²) in [5, 5.41) is 0. The van der Waals surface area contributed by atoms with Crippen molar-refractivity contribution in [3.8, 4) is 0 Å². The van der Waals surface area contributed by atoms with Gasteiger partial charge in [-0.3, -0.25) is 0 Å². The molecule has 0 heterocycles. The van der Waals surface area contributed by atoms with Crippen LogP contribution in [0.5, 0.6) is 0 Å². The lowest BCUT2D eigenvalue weighted by atomic mass is 10.3. The quantitative estimate of drug-likeness (QED) is 0.0756. The smallest absolute Gasteiger partial charge is 0.283 e. The van der Waals surface area contributed by atoms with Gasteiger partial charge in [-0.1, -0.05) is 63.1 Å². The molecule has 0 atom stereocenters. The van der Waals surface area contributed by atoms with Crippen LogP contribution >= 0.6 is 21.6 Å². The first kappa shape index (κ1) is 32.5. The Morgan fingerprint density at radius 3 is 0.812 bits per heavy atom. The van der Waals surface area contributed by atoms with E-state index in [-0.39, 0.29) is 0 Å². The van der Waals surface area contributed by atoms with E-state index in [4.69, 9.17) is 28.4 Å². The average molecular weight is 499 g/mol. The van der Waals surface area contributed by atoms with Crippen molar-refractivity contribution < 1.29 is 28.4 Å². The van der Waals surface area contributed by atoms with Crippen LogP contribution in [0.25, 0.3) is 0 Å². The molecule has 0 aliphatic rings. The molecule has 0 radical (unpaired) electrons. The standard InChI is InChI=1S/C24H50O6S2/c1-7-15-25-23(26-16-8-2,27-17-9-3)13-21-31-32-22-14-24(28-18-10-4,29-19-11-5)30-20-12-6/h7-22H2,1-6H3. The monoisotopic (exact) mass is 498 g/mol. The minimum absolute atomic E-state index is 0.631. The van der Waals surface area contributed by atoms with Gasteiger partial charge >= 0.3 is 0 Å². The van der Waals surface area contributed by atoms with Gasteiger partial charge in [-0.25, -0.2) is 0 Å². The van der Waals surface area contributed by atoms with Crippen LogP contribution in [0.15, 0.2) is 0 Å². The van der Waals surface area contributed by atoms with Gasteiger partial charge in [-0.2, -0.15) is 0 Å². The summed E-state index contributed by atoms with van der Waals surface area (Å²) < 4.78 is 36.3. The Morgan fingerprint density at radius 2 is 0.625 bits per heavy atom. The summed E-state index contributed by atoms with van der Waals surface area (Å²) in [7, 11) is 3.61. The highest BCUT2D eigenvalue weighted by molar-refractivity contribution is 8.76. The molecule has 0 N–H and O–H groups in total. The van der Waals surface area contributed by atoms with Crippen LogP contribution in [0.3, 0.4) is 0 Å². The Kier molecular flexibility index (Phi) is 22.3. The van der Waals surface area contributed by atoms with E-state index in [0.29, 0.717) is 52.5 Å². The van der Waals surface area contributed by atoms with Crippen molar-refractivity contribution in [2.75, 3.05) is 51.1 Å². The van der Waals surface area contributed by atoms with Crippen molar-refractivity contribution in [1.29, 1.82) is 0 Å². The predicted octanol–water partition coefficient (Wildman–Crippen LogP) is 7.02.